The van der Waals surface area contributed by atoms with Crippen LogP contribution < -0.4 is 10.6 Å². The van der Waals surface area contributed by atoms with E-state index in [-0.39, 0.29) is 17.7 Å². The molecule has 7 nitrogen and oxygen atoms in total. The van der Waals surface area contributed by atoms with Gasteiger partial charge in [0.2, 0.25) is 5.91 Å². The molecular weight excluding hydrogens is 387 g/mol. The molecule has 2 aromatic rings. The number of aryl methyl sites for hydroxylation is 1. The van der Waals surface area contributed by atoms with Crippen molar-refractivity contribution in [2.75, 3.05) is 26.0 Å². The Morgan fingerprint density at radius 3 is 2.67 bits per heavy atom. The van der Waals surface area contributed by atoms with E-state index in [1.54, 1.807) is 34.0 Å². The van der Waals surface area contributed by atoms with Crippen LogP contribution in [0.3, 0.4) is 0 Å². The number of benzene rings is 1. The molecule has 0 fully saturated rings. The number of carbonyl (C=O) groups excluding carboxylic acids is 3. The zero-order valence-electron chi connectivity index (χ0n) is 17.5. The van der Waals surface area contributed by atoms with Crippen LogP contribution in [0.15, 0.2) is 18.2 Å². The predicted octanol–water partition coefficient (Wildman–Crippen LogP) is 2.86. The number of aromatic amines is 1. The monoisotopic (exact) mass is 412 g/mol. The van der Waals surface area contributed by atoms with Crippen molar-refractivity contribution < 1.29 is 18.8 Å². The van der Waals surface area contributed by atoms with Crippen LogP contribution in [-0.4, -0.2) is 48.2 Å². The second-order valence-corrected chi connectivity index (χ2v) is 7.51. The molecule has 0 aliphatic carbocycles. The fourth-order valence-electron chi connectivity index (χ4n) is 3.46. The molecule has 1 aliphatic rings. The minimum Gasteiger partial charge on any atom is -0.358 e. The van der Waals surface area contributed by atoms with Crippen molar-refractivity contribution in [2.24, 2.45) is 0 Å². The van der Waals surface area contributed by atoms with E-state index < -0.39 is 5.82 Å². The van der Waals surface area contributed by atoms with E-state index >= 15 is 0 Å². The molecular formula is C22H25FN4O3. The highest BCUT2D eigenvalue weighted by Gasteiger charge is 2.26. The molecule has 0 radical (unpaired) electrons. The van der Waals surface area contributed by atoms with Crippen molar-refractivity contribution in [1.29, 1.82) is 0 Å². The number of anilines is 1. The Labute approximate surface area is 174 Å². The molecule has 0 atom stereocenters. The number of amides is 3. The lowest BCUT2D eigenvalue weighted by molar-refractivity contribution is -0.128. The molecule has 0 unspecified atom stereocenters. The lowest BCUT2D eigenvalue weighted by atomic mass is 10.0. The highest BCUT2D eigenvalue weighted by atomic mass is 19.1. The van der Waals surface area contributed by atoms with Crippen molar-refractivity contribution in [1.82, 2.24) is 15.2 Å². The van der Waals surface area contributed by atoms with Crippen molar-refractivity contribution in [3.05, 3.63) is 52.1 Å². The first-order chi connectivity index (χ1) is 14.2. The second kappa shape index (κ2) is 8.52. The zero-order valence-corrected chi connectivity index (χ0v) is 17.5. The first-order valence-electron chi connectivity index (χ1n) is 9.69. The summed E-state index contributed by atoms with van der Waals surface area (Å²) in [6, 6.07) is 4.13. The molecule has 2 heterocycles. The predicted molar refractivity (Wildman–Crippen MR) is 113 cm³/mol. The Hall–Kier alpha value is -3.42. The summed E-state index contributed by atoms with van der Waals surface area (Å²) >= 11 is 0. The Balaban J connectivity index is 1.77. The minimum atomic E-state index is -0.427. The van der Waals surface area contributed by atoms with E-state index in [0.29, 0.717) is 58.7 Å². The smallest absolute Gasteiger partial charge is 0.256 e. The molecule has 3 N–H and O–H groups in total. The molecule has 3 rings (SSSR count). The van der Waals surface area contributed by atoms with Gasteiger partial charge in [0, 0.05) is 49.7 Å². The summed E-state index contributed by atoms with van der Waals surface area (Å²) < 4.78 is 13.6. The molecule has 0 spiro atoms. The van der Waals surface area contributed by atoms with Gasteiger partial charge in [-0.1, -0.05) is 0 Å². The number of H-pyrrole nitrogens is 1. The van der Waals surface area contributed by atoms with E-state index in [2.05, 4.69) is 15.6 Å². The van der Waals surface area contributed by atoms with Crippen LogP contribution in [0.4, 0.5) is 10.1 Å². The third-order valence-electron chi connectivity index (χ3n) is 5.11. The molecule has 3 amide bonds. The van der Waals surface area contributed by atoms with Crippen LogP contribution in [0.1, 0.15) is 45.7 Å². The van der Waals surface area contributed by atoms with E-state index in [4.69, 9.17) is 0 Å². The molecule has 30 heavy (non-hydrogen) atoms. The van der Waals surface area contributed by atoms with E-state index in [0.717, 1.165) is 0 Å². The van der Waals surface area contributed by atoms with Crippen molar-refractivity contribution >= 4 is 35.1 Å². The molecule has 0 saturated heterocycles. The van der Waals surface area contributed by atoms with Gasteiger partial charge in [-0.15, -0.1) is 0 Å². The van der Waals surface area contributed by atoms with Crippen LogP contribution in [0, 0.1) is 19.7 Å². The number of hydrogen-bond acceptors (Lipinski definition) is 3. The Morgan fingerprint density at radius 2 is 1.97 bits per heavy atom. The minimum absolute atomic E-state index is 0.0127. The summed E-state index contributed by atoms with van der Waals surface area (Å²) in [7, 11) is 3.39. The van der Waals surface area contributed by atoms with Crippen molar-refractivity contribution in [3.8, 4) is 0 Å². The van der Waals surface area contributed by atoms with Gasteiger partial charge in [0.05, 0.1) is 11.1 Å². The average molecular weight is 412 g/mol. The lowest BCUT2D eigenvalue weighted by Crippen LogP contribution is -2.27. The van der Waals surface area contributed by atoms with Crippen molar-refractivity contribution in [3.63, 3.8) is 0 Å². The largest absolute Gasteiger partial charge is 0.358 e. The summed E-state index contributed by atoms with van der Waals surface area (Å²) in [4.78, 5) is 41.3. The normalized spacial score (nSPS) is 13.9. The Morgan fingerprint density at radius 1 is 1.23 bits per heavy atom. The third-order valence-corrected chi connectivity index (χ3v) is 5.11. The molecule has 0 bridgehead atoms. The highest BCUT2D eigenvalue weighted by molar-refractivity contribution is 6.34. The Bertz CT molecular complexity index is 1050. The van der Waals surface area contributed by atoms with E-state index in [9.17, 15) is 18.8 Å². The van der Waals surface area contributed by atoms with Gasteiger partial charge in [-0.25, -0.2) is 4.39 Å². The molecule has 1 aromatic carbocycles. The second-order valence-electron chi connectivity index (χ2n) is 7.51. The van der Waals surface area contributed by atoms with Crippen LogP contribution >= 0.6 is 0 Å². The lowest BCUT2D eigenvalue weighted by Gasteiger charge is -2.10. The van der Waals surface area contributed by atoms with E-state index in [1.165, 1.54) is 23.1 Å². The summed E-state index contributed by atoms with van der Waals surface area (Å²) in [6.45, 7) is 3.95. The number of rotatable bonds is 6. The quantitative estimate of drug-likeness (QED) is 0.503. The maximum Gasteiger partial charge on any atom is 0.256 e. The van der Waals surface area contributed by atoms with Crippen molar-refractivity contribution in [2.45, 2.75) is 26.7 Å². The number of aromatic nitrogens is 1. The SMILES string of the molecule is Cc1[nH]c(/C=C2\C(=O)Nc3ccc(F)cc32)c(C)c1C(=O)NCCCC(=O)N(C)C. The fourth-order valence-corrected chi connectivity index (χ4v) is 3.46. The van der Waals surface area contributed by atoms with Gasteiger partial charge >= 0.3 is 0 Å². The first kappa shape index (κ1) is 21.3. The standard InChI is InChI=1S/C22H25FN4O3/c1-12-18(11-16-15-10-14(23)7-8-17(15)26-21(16)29)25-13(2)20(12)22(30)24-9-5-6-19(28)27(3)4/h7-8,10-11,25H,5-6,9H2,1-4H3,(H,24,30)(H,26,29)/b16-11-. The van der Waals surface area contributed by atoms with Crippen LogP contribution in [0.2, 0.25) is 0 Å². The first-order valence-corrected chi connectivity index (χ1v) is 9.69. The molecule has 158 valence electrons. The molecule has 1 aliphatic heterocycles. The summed E-state index contributed by atoms with van der Waals surface area (Å²) in [5.41, 5.74) is 3.85. The number of nitrogens with zero attached hydrogens (tertiary/aromatic N) is 1. The van der Waals surface area contributed by atoms with Crippen LogP contribution in [0.25, 0.3) is 11.6 Å². The Kier molecular flexibility index (Phi) is 6.05. The molecule has 1 aromatic heterocycles. The average Bonchev–Trinajstić information content (AvgIpc) is 3.14. The van der Waals surface area contributed by atoms with Gasteiger partial charge in [-0.05, 0) is 50.1 Å². The number of nitrogens with one attached hydrogen (secondary N) is 3. The number of halogens is 1. The summed E-state index contributed by atoms with van der Waals surface area (Å²) in [5.74, 6) is -0.980. The van der Waals surface area contributed by atoms with Gasteiger partial charge in [0.15, 0.2) is 0 Å². The maximum absolute atomic E-state index is 13.6. The highest BCUT2D eigenvalue weighted by Crippen LogP contribution is 2.34. The van der Waals surface area contributed by atoms with Gasteiger partial charge in [-0.3, -0.25) is 14.4 Å². The molecule has 8 heteroatoms. The number of fused-ring (bicyclic) bond motifs is 1. The number of carbonyl (C=O) groups is 3. The van der Waals surface area contributed by atoms with Gasteiger partial charge < -0.3 is 20.5 Å². The third kappa shape index (κ3) is 4.27. The van der Waals surface area contributed by atoms with E-state index in [1.807, 2.05) is 0 Å². The van der Waals surface area contributed by atoms with Crippen LogP contribution in [0.5, 0.6) is 0 Å². The fraction of sp³-hybridized carbons (Fsp3) is 0.318. The topological polar surface area (TPSA) is 94.3 Å². The number of hydrogen-bond donors (Lipinski definition) is 3. The molecule has 0 saturated carbocycles. The van der Waals surface area contributed by atoms with Gasteiger partial charge in [-0.2, -0.15) is 0 Å². The van der Waals surface area contributed by atoms with Gasteiger partial charge in [0.1, 0.15) is 5.82 Å². The maximum atomic E-state index is 13.6. The summed E-state index contributed by atoms with van der Waals surface area (Å²) in [5, 5.41) is 5.55. The van der Waals surface area contributed by atoms with Gasteiger partial charge in [0.25, 0.3) is 11.8 Å². The zero-order chi connectivity index (χ0) is 22.0. The van der Waals surface area contributed by atoms with Crippen LogP contribution in [-0.2, 0) is 9.59 Å². The summed E-state index contributed by atoms with van der Waals surface area (Å²) in [6.07, 6.45) is 2.54.